The molecule has 0 aromatic heterocycles. The molecular weight excluding hydrogens is 255 g/mol. The van der Waals surface area contributed by atoms with Gasteiger partial charge in [-0.15, -0.1) is 0 Å². The lowest BCUT2D eigenvalue weighted by Crippen LogP contribution is -1.91. The minimum atomic E-state index is -0.0835. The predicted octanol–water partition coefficient (Wildman–Crippen LogP) is 5.10. The Labute approximate surface area is 100 Å². The van der Waals surface area contributed by atoms with Gasteiger partial charge in [-0.25, -0.2) is 4.39 Å². The first-order valence-corrected chi connectivity index (χ1v) is 6.47. The van der Waals surface area contributed by atoms with Gasteiger partial charge in [-0.05, 0) is 30.5 Å². The van der Waals surface area contributed by atoms with Crippen LogP contribution in [0.1, 0.15) is 44.6 Å². The minimum absolute atomic E-state index is 0.0835. The molecule has 0 aliphatic carbocycles. The fraction of sp³-hybridized carbons (Fsp3) is 0.538. The van der Waals surface area contributed by atoms with Crippen LogP contribution in [0.5, 0.6) is 0 Å². The number of hydrogen-bond acceptors (Lipinski definition) is 0. The molecule has 0 spiro atoms. The summed E-state index contributed by atoms with van der Waals surface area (Å²) in [4.78, 5) is 0. The van der Waals surface area contributed by atoms with Gasteiger partial charge < -0.3 is 0 Å². The Kier molecular flexibility index (Phi) is 5.92. The average molecular weight is 273 g/mol. The molecule has 0 N–H and O–H groups in total. The smallest absolute Gasteiger partial charge is 0.127 e. The second-order valence-electron chi connectivity index (χ2n) is 3.90. The van der Waals surface area contributed by atoms with Crippen molar-refractivity contribution in [2.24, 2.45) is 0 Å². The van der Waals surface area contributed by atoms with Gasteiger partial charge in [-0.3, -0.25) is 0 Å². The topological polar surface area (TPSA) is 0 Å². The third kappa shape index (κ3) is 4.78. The molecule has 0 unspecified atom stereocenters. The molecule has 0 aliphatic rings. The largest absolute Gasteiger partial charge is 0.207 e. The number of halogens is 2. The lowest BCUT2D eigenvalue weighted by atomic mass is 10.1. The highest BCUT2D eigenvalue weighted by Crippen LogP contribution is 2.17. The summed E-state index contributed by atoms with van der Waals surface area (Å²) in [5.74, 6) is -0.0835. The van der Waals surface area contributed by atoms with Crippen LogP contribution in [0.4, 0.5) is 4.39 Å². The Bertz CT molecular complexity index is 297. The van der Waals surface area contributed by atoms with Crippen LogP contribution in [0.25, 0.3) is 0 Å². The summed E-state index contributed by atoms with van der Waals surface area (Å²) in [6.07, 6.45) is 6.99. The highest BCUT2D eigenvalue weighted by Gasteiger charge is 2.01. The highest BCUT2D eigenvalue weighted by molar-refractivity contribution is 9.10. The summed E-state index contributed by atoms with van der Waals surface area (Å²) >= 11 is 3.26. The Morgan fingerprint density at radius 2 is 1.87 bits per heavy atom. The van der Waals surface area contributed by atoms with Gasteiger partial charge in [0.05, 0.1) is 0 Å². The number of aryl methyl sites for hydroxylation is 1. The van der Waals surface area contributed by atoms with Gasteiger partial charge in [0.15, 0.2) is 0 Å². The van der Waals surface area contributed by atoms with Crippen molar-refractivity contribution in [2.45, 2.75) is 45.4 Å². The third-order valence-corrected chi connectivity index (χ3v) is 3.06. The van der Waals surface area contributed by atoms with E-state index < -0.39 is 0 Å². The molecule has 2 heteroatoms. The van der Waals surface area contributed by atoms with E-state index >= 15 is 0 Å². The fourth-order valence-corrected chi connectivity index (χ4v) is 1.98. The second-order valence-corrected chi connectivity index (χ2v) is 4.82. The lowest BCUT2D eigenvalue weighted by Gasteiger charge is -2.03. The monoisotopic (exact) mass is 272 g/mol. The quantitative estimate of drug-likeness (QED) is 0.632. The zero-order chi connectivity index (χ0) is 11.1. The van der Waals surface area contributed by atoms with Crippen molar-refractivity contribution >= 4 is 15.9 Å². The van der Waals surface area contributed by atoms with E-state index in [1.165, 1.54) is 25.7 Å². The molecule has 0 saturated heterocycles. The minimum Gasteiger partial charge on any atom is -0.207 e. The molecular formula is C13H18BrF. The number of rotatable bonds is 6. The van der Waals surface area contributed by atoms with Crippen LogP contribution in [0.3, 0.4) is 0 Å². The van der Waals surface area contributed by atoms with Gasteiger partial charge in [-0.1, -0.05) is 54.6 Å². The summed E-state index contributed by atoms with van der Waals surface area (Å²) in [7, 11) is 0. The SMILES string of the molecule is CCCCCCCc1ccc(Br)cc1F. The molecule has 0 radical (unpaired) electrons. The summed E-state index contributed by atoms with van der Waals surface area (Å²) in [5.41, 5.74) is 0.842. The van der Waals surface area contributed by atoms with E-state index in [2.05, 4.69) is 22.9 Å². The maximum absolute atomic E-state index is 13.4. The standard InChI is InChI=1S/C13H18BrF/c1-2-3-4-5-6-7-11-8-9-12(14)10-13(11)15/h8-10H,2-7H2,1H3. The zero-order valence-corrected chi connectivity index (χ0v) is 10.8. The third-order valence-electron chi connectivity index (χ3n) is 2.56. The molecule has 15 heavy (non-hydrogen) atoms. The van der Waals surface area contributed by atoms with Gasteiger partial charge in [0, 0.05) is 4.47 Å². The Morgan fingerprint density at radius 3 is 2.53 bits per heavy atom. The number of hydrogen-bond donors (Lipinski definition) is 0. The van der Waals surface area contributed by atoms with Crippen LogP contribution >= 0.6 is 15.9 Å². The van der Waals surface area contributed by atoms with Crippen LogP contribution in [0, 0.1) is 5.82 Å². The number of unbranched alkanes of at least 4 members (excludes halogenated alkanes) is 4. The predicted molar refractivity (Wildman–Crippen MR) is 66.6 cm³/mol. The molecule has 0 atom stereocenters. The van der Waals surface area contributed by atoms with Crippen LogP contribution in [0.15, 0.2) is 22.7 Å². The van der Waals surface area contributed by atoms with E-state index in [0.29, 0.717) is 0 Å². The van der Waals surface area contributed by atoms with Gasteiger partial charge in [-0.2, -0.15) is 0 Å². The van der Waals surface area contributed by atoms with Gasteiger partial charge in [0.25, 0.3) is 0 Å². The second kappa shape index (κ2) is 7.00. The van der Waals surface area contributed by atoms with Crippen molar-refractivity contribution in [3.8, 4) is 0 Å². The summed E-state index contributed by atoms with van der Waals surface area (Å²) in [6.45, 7) is 2.20. The fourth-order valence-electron chi connectivity index (χ4n) is 1.64. The molecule has 0 heterocycles. The summed E-state index contributed by atoms with van der Waals surface area (Å²) in [5, 5.41) is 0. The van der Waals surface area contributed by atoms with Crippen LogP contribution in [-0.2, 0) is 6.42 Å². The molecule has 0 nitrogen and oxygen atoms in total. The molecule has 1 aromatic carbocycles. The first kappa shape index (κ1) is 12.7. The van der Waals surface area contributed by atoms with Crippen molar-refractivity contribution in [3.05, 3.63) is 34.1 Å². The molecule has 1 aromatic rings. The first-order chi connectivity index (χ1) is 7.24. The Hall–Kier alpha value is -0.370. The highest BCUT2D eigenvalue weighted by atomic mass is 79.9. The molecule has 0 saturated carbocycles. The van der Waals surface area contributed by atoms with Crippen LogP contribution < -0.4 is 0 Å². The van der Waals surface area contributed by atoms with Gasteiger partial charge in [0.2, 0.25) is 0 Å². The normalized spacial score (nSPS) is 10.6. The van der Waals surface area contributed by atoms with Crippen molar-refractivity contribution < 1.29 is 4.39 Å². The van der Waals surface area contributed by atoms with Crippen molar-refractivity contribution in [2.75, 3.05) is 0 Å². The van der Waals surface area contributed by atoms with E-state index in [4.69, 9.17) is 0 Å². The van der Waals surface area contributed by atoms with Gasteiger partial charge >= 0.3 is 0 Å². The zero-order valence-electron chi connectivity index (χ0n) is 9.23. The average Bonchev–Trinajstić information content (AvgIpc) is 2.20. The van der Waals surface area contributed by atoms with E-state index in [1.54, 1.807) is 6.07 Å². The molecule has 0 aliphatic heterocycles. The molecule has 0 bridgehead atoms. The van der Waals surface area contributed by atoms with E-state index in [0.717, 1.165) is 22.9 Å². The van der Waals surface area contributed by atoms with Crippen molar-refractivity contribution in [3.63, 3.8) is 0 Å². The Morgan fingerprint density at radius 1 is 1.13 bits per heavy atom. The van der Waals surface area contributed by atoms with Crippen LogP contribution in [0.2, 0.25) is 0 Å². The van der Waals surface area contributed by atoms with E-state index in [-0.39, 0.29) is 5.82 Å². The molecule has 0 amide bonds. The van der Waals surface area contributed by atoms with Crippen molar-refractivity contribution in [1.29, 1.82) is 0 Å². The number of benzene rings is 1. The first-order valence-electron chi connectivity index (χ1n) is 5.68. The molecule has 84 valence electrons. The lowest BCUT2D eigenvalue weighted by molar-refractivity contribution is 0.587. The van der Waals surface area contributed by atoms with Crippen LogP contribution in [-0.4, -0.2) is 0 Å². The van der Waals surface area contributed by atoms with E-state index in [9.17, 15) is 4.39 Å². The summed E-state index contributed by atoms with van der Waals surface area (Å²) < 4.78 is 14.2. The summed E-state index contributed by atoms with van der Waals surface area (Å²) in [6, 6.07) is 5.32. The van der Waals surface area contributed by atoms with Gasteiger partial charge in [0.1, 0.15) is 5.82 Å². The van der Waals surface area contributed by atoms with Crippen molar-refractivity contribution in [1.82, 2.24) is 0 Å². The Balaban J connectivity index is 2.31. The maximum atomic E-state index is 13.4. The molecule has 0 fully saturated rings. The van der Waals surface area contributed by atoms with E-state index in [1.807, 2.05) is 12.1 Å². The molecule has 1 rings (SSSR count). The maximum Gasteiger partial charge on any atom is 0.127 e.